The monoisotopic (exact) mass is 255 g/mol. The first-order chi connectivity index (χ1) is 9.26. The van der Waals surface area contributed by atoms with E-state index in [1.807, 2.05) is 37.3 Å². The van der Waals surface area contributed by atoms with E-state index >= 15 is 0 Å². The molecule has 0 saturated carbocycles. The van der Waals surface area contributed by atoms with Crippen molar-refractivity contribution >= 4 is 0 Å². The van der Waals surface area contributed by atoms with Gasteiger partial charge in [-0.05, 0) is 24.6 Å². The highest BCUT2D eigenvalue weighted by atomic mass is 16.5. The van der Waals surface area contributed by atoms with Crippen molar-refractivity contribution in [3.8, 4) is 23.1 Å². The van der Waals surface area contributed by atoms with Crippen LogP contribution in [-0.2, 0) is 0 Å². The lowest BCUT2D eigenvalue weighted by Crippen LogP contribution is -2.12. The van der Waals surface area contributed by atoms with Crippen LogP contribution in [0.5, 0.6) is 5.75 Å². The number of nitrogens with zero attached hydrogens (tertiary/aromatic N) is 2. The summed E-state index contributed by atoms with van der Waals surface area (Å²) in [4.78, 5) is 11.3. The molecule has 19 heavy (non-hydrogen) atoms. The molecule has 0 bridgehead atoms. The van der Waals surface area contributed by atoms with E-state index in [0.29, 0.717) is 18.1 Å². The second-order valence-electron chi connectivity index (χ2n) is 3.95. The molecule has 5 heteroatoms. The van der Waals surface area contributed by atoms with E-state index in [9.17, 15) is 4.79 Å². The van der Waals surface area contributed by atoms with Crippen LogP contribution in [0.4, 0.5) is 0 Å². The van der Waals surface area contributed by atoms with Crippen molar-refractivity contribution < 1.29 is 4.74 Å². The van der Waals surface area contributed by atoms with E-state index in [1.165, 1.54) is 6.07 Å². The van der Waals surface area contributed by atoms with Crippen molar-refractivity contribution in [1.82, 2.24) is 10.2 Å². The molecule has 1 N–H and O–H groups in total. The van der Waals surface area contributed by atoms with E-state index in [-0.39, 0.29) is 5.56 Å². The van der Waals surface area contributed by atoms with Crippen LogP contribution in [0.2, 0.25) is 0 Å². The minimum Gasteiger partial charge on any atom is -0.493 e. The zero-order valence-electron chi connectivity index (χ0n) is 10.5. The van der Waals surface area contributed by atoms with Crippen LogP contribution in [0, 0.1) is 11.3 Å². The first-order valence-corrected chi connectivity index (χ1v) is 5.98. The Morgan fingerprint density at radius 2 is 2.21 bits per heavy atom. The number of nitriles is 1. The zero-order chi connectivity index (χ0) is 13.7. The van der Waals surface area contributed by atoms with Crippen molar-refractivity contribution in [1.29, 1.82) is 5.26 Å². The number of aromatic amines is 1. The molecule has 0 radical (unpaired) electrons. The highest BCUT2D eigenvalue weighted by Gasteiger charge is 2.09. The van der Waals surface area contributed by atoms with Crippen LogP contribution in [0.3, 0.4) is 0 Å². The Bertz CT molecular complexity index is 671. The van der Waals surface area contributed by atoms with E-state index in [4.69, 9.17) is 10.00 Å². The van der Waals surface area contributed by atoms with Crippen molar-refractivity contribution in [2.24, 2.45) is 0 Å². The SMILES string of the molecule is CCCOc1ccccc1-c1cc(C#N)c(=O)[nH]n1. The average molecular weight is 255 g/mol. The lowest BCUT2D eigenvalue weighted by Gasteiger charge is -2.09. The Labute approximate surface area is 110 Å². The van der Waals surface area contributed by atoms with Crippen molar-refractivity contribution in [3.05, 3.63) is 46.2 Å². The van der Waals surface area contributed by atoms with E-state index in [0.717, 1.165) is 12.0 Å². The Hall–Kier alpha value is -2.61. The fraction of sp³-hybridized carbons (Fsp3) is 0.214. The molecule has 2 aromatic rings. The molecule has 5 nitrogen and oxygen atoms in total. The van der Waals surface area contributed by atoms with Crippen LogP contribution < -0.4 is 10.3 Å². The molecule has 0 unspecified atom stereocenters. The summed E-state index contributed by atoms with van der Waals surface area (Å²) in [6, 6.07) is 10.7. The third-order valence-electron chi connectivity index (χ3n) is 2.55. The third-order valence-corrected chi connectivity index (χ3v) is 2.55. The molecule has 1 aromatic carbocycles. The molecule has 1 aromatic heterocycles. The molecule has 2 rings (SSSR count). The van der Waals surface area contributed by atoms with Crippen molar-refractivity contribution in [2.75, 3.05) is 6.61 Å². The maximum atomic E-state index is 11.3. The molecule has 0 spiro atoms. The minimum atomic E-state index is -0.488. The fourth-order valence-electron chi connectivity index (χ4n) is 1.64. The van der Waals surface area contributed by atoms with Crippen LogP contribution in [-0.4, -0.2) is 16.8 Å². The number of ether oxygens (including phenoxy) is 1. The molecule has 1 heterocycles. The van der Waals surface area contributed by atoms with Gasteiger partial charge in [-0.15, -0.1) is 0 Å². The molecule has 96 valence electrons. The molecule has 0 aliphatic carbocycles. The number of H-pyrrole nitrogens is 1. The van der Waals surface area contributed by atoms with Gasteiger partial charge in [0.2, 0.25) is 0 Å². The Morgan fingerprint density at radius 3 is 2.95 bits per heavy atom. The quantitative estimate of drug-likeness (QED) is 0.907. The Kier molecular flexibility index (Phi) is 3.94. The van der Waals surface area contributed by atoms with E-state index in [1.54, 1.807) is 0 Å². The van der Waals surface area contributed by atoms with Gasteiger partial charge in [0, 0.05) is 5.56 Å². The highest BCUT2D eigenvalue weighted by molar-refractivity contribution is 5.67. The number of para-hydroxylation sites is 1. The smallest absolute Gasteiger partial charge is 0.282 e. The maximum absolute atomic E-state index is 11.3. The molecular weight excluding hydrogens is 242 g/mol. The first-order valence-electron chi connectivity index (χ1n) is 5.98. The van der Waals surface area contributed by atoms with Crippen LogP contribution in [0.25, 0.3) is 11.3 Å². The number of benzene rings is 1. The van der Waals surface area contributed by atoms with Gasteiger partial charge in [0.15, 0.2) is 0 Å². The highest BCUT2D eigenvalue weighted by Crippen LogP contribution is 2.27. The maximum Gasteiger partial charge on any atom is 0.282 e. The minimum absolute atomic E-state index is 0.0373. The number of rotatable bonds is 4. The second-order valence-corrected chi connectivity index (χ2v) is 3.95. The summed E-state index contributed by atoms with van der Waals surface area (Å²) in [6.45, 7) is 2.63. The van der Waals surface area contributed by atoms with E-state index in [2.05, 4.69) is 10.2 Å². The van der Waals surface area contributed by atoms with Gasteiger partial charge in [0.05, 0.1) is 12.3 Å². The Morgan fingerprint density at radius 1 is 1.42 bits per heavy atom. The van der Waals surface area contributed by atoms with Crippen LogP contribution >= 0.6 is 0 Å². The predicted molar refractivity (Wildman–Crippen MR) is 70.8 cm³/mol. The van der Waals surface area contributed by atoms with Crippen LogP contribution in [0.1, 0.15) is 18.9 Å². The lowest BCUT2D eigenvalue weighted by atomic mass is 10.1. The molecule has 0 fully saturated rings. The number of aromatic nitrogens is 2. The van der Waals surface area contributed by atoms with Gasteiger partial charge in [-0.1, -0.05) is 19.1 Å². The average Bonchev–Trinajstić information content (AvgIpc) is 2.46. The molecule has 0 amide bonds. The summed E-state index contributed by atoms with van der Waals surface area (Å²) in [5.41, 5.74) is 0.819. The summed E-state index contributed by atoms with van der Waals surface area (Å²) >= 11 is 0. The van der Waals surface area contributed by atoms with Crippen molar-refractivity contribution in [2.45, 2.75) is 13.3 Å². The molecule has 0 aliphatic rings. The molecular formula is C14H13N3O2. The van der Waals surface area contributed by atoms with Gasteiger partial charge < -0.3 is 4.74 Å². The summed E-state index contributed by atoms with van der Waals surface area (Å²) in [6.07, 6.45) is 0.900. The predicted octanol–water partition coefficient (Wildman–Crippen LogP) is 2.10. The second kappa shape index (κ2) is 5.83. The number of nitrogens with one attached hydrogen (secondary N) is 1. The van der Waals surface area contributed by atoms with Crippen molar-refractivity contribution in [3.63, 3.8) is 0 Å². The summed E-state index contributed by atoms with van der Waals surface area (Å²) < 4.78 is 5.63. The normalized spacial score (nSPS) is 9.89. The summed E-state index contributed by atoms with van der Waals surface area (Å²) in [5, 5.41) is 15.1. The lowest BCUT2D eigenvalue weighted by molar-refractivity contribution is 0.318. The molecule has 0 atom stereocenters. The standard InChI is InChI=1S/C14H13N3O2/c1-2-7-19-13-6-4-3-5-11(13)12-8-10(9-15)14(18)17-16-12/h3-6,8H,2,7H2,1H3,(H,17,18). The van der Waals surface area contributed by atoms with Crippen LogP contribution in [0.15, 0.2) is 35.1 Å². The third kappa shape index (κ3) is 2.80. The Balaban J connectivity index is 2.47. The fourth-order valence-corrected chi connectivity index (χ4v) is 1.64. The summed E-state index contributed by atoms with van der Waals surface area (Å²) in [7, 11) is 0. The first kappa shape index (κ1) is 12.8. The topological polar surface area (TPSA) is 78.8 Å². The number of hydrogen-bond acceptors (Lipinski definition) is 4. The van der Waals surface area contributed by atoms with Gasteiger partial charge in [0.25, 0.3) is 5.56 Å². The number of hydrogen-bond donors (Lipinski definition) is 1. The molecule has 0 aliphatic heterocycles. The van der Waals surface area contributed by atoms with Gasteiger partial charge in [0.1, 0.15) is 17.4 Å². The zero-order valence-corrected chi connectivity index (χ0v) is 10.5. The van der Waals surface area contributed by atoms with E-state index < -0.39 is 5.56 Å². The van der Waals surface area contributed by atoms with Gasteiger partial charge >= 0.3 is 0 Å². The molecule has 0 saturated heterocycles. The van der Waals surface area contributed by atoms with Gasteiger partial charge in [-0.25, -0.2) is 5.10 Å². The summed E-state index contributed by atoms with van der Waals surface area (Å²) in [5.74, 6) is 0.688. The van der Waals surface area contributed by atoms with Gasteiger partial charge in [-0.2, -0.15) is 10.4 Å². The largest absolute Gasteiger partial charge is 0.493 e. The van der Waals surface area contributed by atoms with Gasteiger partial charge in [-0.3, -0.25) is 4.79 Å².